The Kier molecular flexibility index (Phi) is 5.57. The highest BCUT2D eigenvalue weighted by molar-refractivity contribution is 7.62. The van der Waals surface area contributed by atoms with Gasteiger partial charge in [0.2, 0.25) is 0 Å². The molecule has 26 heavy (non-hydrogen) atoms. The van der Waals surface area contributed by atoms with Crippen molar-refractivity contribution in [3.05, 3.63) is 60.8 Å². The molecule has 0 bridgehead atoms. The lowest BCUT2D eigenvalue weighted by Gasteiger charge is -2.23. The van der Waals surface area contributed by atoms with E-state index in [-0.39, 0.29) is 12.2 Å². The first-order valence-electron chi connectivity index (χ1n) is 8.80. The maximum Gasteiger partial charge on any atom is 0.361 e. The predicted octanol–water partition coefficient (Wildman–Crippen LogP) is 5.57. The molecule has 1 heterocycles. The summed E-state index contributed by atoms with van der Waals surface area (Å²) >= 11 is 0. The highest BCUT2D eigenvalue weighted by Gasteiger charge is 2.30. The molecular formula is C21H24NO3P. The molecule has 0 fully saturated rings. The first-order valence-corrected chi connectivity index (χ1v) is 10.3. The maximum atomic E-state index is 13.2. The van der Waals surface area contributed by atoms with Gasteiger partial charge in [0, 0.05) is 17.1 Å². The summed E-state index contributed by atoms with van der Waals surface area (Å²) < 4.78 is 24.6. The molecule has 0 radical (unpaired) electrons. The number of rotatable bonds is 6. The Hall–Kier alpha value is -2.00. The van der Waals surface area contributed by atoms with Crippen LogP contribution >= 0.6 is 7.60 Å². The van der Waals surface area contributed by atoms with Crippen LogP contribution in [0.25, 0.3) is 22.0 Å². The van der Waals surface area contributed by atoms with Crippen molar-refractivity contribution in [3.8, 4) is 11.3 Å². The van der Waals surface area contributed by atoms with Crippen molar-refractivity contribution < 1.29 is 13.6 Å². The molecule has 0 aliphatic carbocycles. The fourth-order valence-corrected chi connectivity index (χ4v) is 4.77. The Morgan fingerprint density at radius 3 is 2.08 bits per heavy atom. The van der Waals surface area contributed by atoms with Crippen LogP contribution in [-0.4, -0.2) is 17.2 Å². The zero-order chi connectivity index (χ0) is 18.7. The topological polar surface area (TPSA) is 48.4 Å². The van der Waals surface area contributed by atoms with E-state index >= 15 is 0 Å². The van der Waals surface area contributed by atoms with Crippen LogP contribution in [0.4, 0.5) is 0 Å². The highest BCUT2D eigenvalue weighted by Crippen LogP contribution is 2.49. The number of pyridine rings is 1. The molecule has 0 aliphatic rings. The van der Waals surface area contributed by atoms with E-state index in [2.05, 4.69) is 17.1 Å². The van der Waals surface area contributed by atoms with Crippen molar-refractivity contribution in [2.45, 2.75) is 39.9 Å². The number of fused-ring (bicyclic) bond motifs is 1. The van der Waals surface area contributed by atoms with Gasteiger partial charge < -0.3 is 9.05 Å². The minimum absolute atomic E-state index is 0.195. The molecule has 3 rings (SSSR count). The molecule has 0 saturated carbocycles. The zero-order valence-corrected chi connectivity index (χ0v) is 16.4. The summed E-state index contributed by atoms with van der Waals surface area (Å²) in [6.07, 6.45) is 1.42. The minimum atomic E-state index is -3.36. The summed E-state index contributed by atoms with van der Waals surface area (Å²) in [6, 6.07) is 17.6. The second-order valence-corrected chi connectivity index (χ2v) is 8.67. The monoisotopic (exact) mass is 369 g/mol. The van der Waals surface area contributed by atoms with Crippen LogP contribution in [0.15, 0.2) is 60.8 Å². The molecule has 1 aromatic heterocycles. The van der Waals surface area contributed by atoms with Crippen LogP contribution in [0.1, 0.15) is 27.7 Å². The normalized spacial score (nSPS) is 12.2. The SMILES string of the molecule is CC(C)OP(=O)(OC(C)C)c1ccc(-c2nccc3ccccc23)cc1. The molecule has 3 aromatic rings. The molecule has 136 valence electrons. The molecule has 0 aliphatic heterocycles. The summed E-state index contributed by atoms with van der Waals surface area (Å²) in [6.45, 7) is 7.41. The van der Waals surface area contributed by atoms with Crippen molar-refractivity contribution in [1.29, 1.82) is 0 Å². The Labute approximate surface area is 154 Å². The van der Waals surface area contributed by atoms with Crippen molar-refractivity contribution in [3.63, 3.8) is 0 Å². The largest absolute Gasteiger partial charge is 0.361 e. The van der Waals surface area contributed by atoms with E-state index in [0.717, 1.165) is 22.0 Å². The number of benzene rings is 2. The van der Waals surface area contributed by atoms with Crippen LogP contribution in [0.2, 0.25) is 0 Å². The highest BCUT2D eigenvalue weighted by atomic mass is 31.2. The van der Waals surface area contributed by atoms with E-state index in [1.807, 2.05) is 70.2 Å². The van der Waals surface area contributed by atoms with Crippen LogP contribution in [-0.2, 0) is 13.6 Å². The standard InChI is InChI=1S/C21H24NO3P/c1-15(2)24-26(23,25-16(3)4)19-11-9-18(10-12-19)21-20-8-6-5-7-17(20)13-14-22-21/h5-16H,1-4H3. The lowest BCUT2D eigenvalue weighted by Crippen LogP contribution is -2.16. The summed E-state index contributed by atoms with van der Waals surface area (Å²) in [5.74, 6) is 0. The van der Waals surface area contributed by atoms with Crippen LogP contribution in [0, 0.1) is 0 Å². The number of nitrogens with zero attached hydrogens (tertiary/aromatic N) is 1. The van der Waals surface area contributed by atoms with Gasteiger partial charge in [-0.2, -0.15) is 0 Å². The number of hydrogen-bond acceptors (Lipinski definition) is 4. The van der Waals surface area contributed by atoms with Gasteiger partial charge in [0.15, 0.2) is 0 Å². The van der Waals surface area contributed by atoms with E-state index in [1.54, 1.807) is 6.20 Å². The molecule has 0 spiro atoms. The summed E-state index contributed by atoms with van der Waals surface area (Å²) in [4.78, 5) is 4.53. The third-order valence-corrected chi connectivity index (χ3v) is 6.16. The van der Waals surface area contributed by atoms with Crippen molar-refractivity contribution in [2.75, 3.05) is 0 Å². The molecule has 0 atom stereocenters. The summed E-state index contributed by atoms with van der Waals surface area (Å²) in [5, 5.41) is 2.78. The fourth-order valence-electron chi connectivity index (χ4n) is 2.85. The van der Waals surface area contributed by atoms with Crippen molar-refractivity contribution >= 4 is 23.7 Å². The van der Waals surface area contributed by atoms with Crippen LogP contribution in [0.5, 0.6) is 0 Å². The van der Waals surface area contributed by atoms with Gasteiger partial charge in [-0.3, -0.25) is 9.55 Å². The Bertz CT molecular complexity index is 916. The molecule has 0 amide bonds. The second kappa shape index (κ2) is 7.71. The lowest BCUT2D eigenvalue weighted by molar-refractivity contribution is 0.150. The molecule has 2 aromatic carbocycles. The van der Waals surface area contributed by atoms with Gasteiger partial charge >= 0.3 is 7.60 Å². The van der Waals surface area contributed by atoms with Crippen LogP contribution in [0.3, 0.4) is 0 Å². The van der Waals surface area contributed by atoms with E-state index in [4.69, 9.17) is 9.05 Å². The summed E-state index contributed by atoms with van der Waals surface area (Å²) in [5.41, 5.74) is 1.87. The lowest BCUT2D eigenvalue weighted by atomic mass is 10.0. The molecule has 4 nitrogen and oxygen atoms in total. The molecule has 0 N–H and O–H groups in total. The van der Waals surface area contributed by atoms with Gasteiger partial charge in [0.25, 0.3) is 0 Å². The van der Waals surface area contributed by atoms with E-state index in [1.165, 1.54) is 0 Å². The number of hydrogen-bond donors (Lipinski definition) is 0. The summed E-state index contributed by atoms with van der Waals surface area (Å²) in [7, 11) is -3.36. The average molecular weight is 369 g/mol. The second-order valence-electron chi connectivity index (χ2n) is 6.73. The third kappa shape index (κ3) is 4.04. The molecular weight excluding hydrogens is 345 g/mol. The van der Waals surface area contributed by atoms with Crippen molar-refractivity contribution in [1.82, 2.24) is 4.98 Å². The Balaban J connectivity index is 2.00. The van der Waals surface area contributed by atoms with Gasteiger partial charge in [0.1, 0.15) is 0 Å². The van der Waals surface area contributed by atoms with Crippen molar-refractivity contribution in [2.24, 2.45) is 0 Å². The molecule has 5 heteroatoms. The first-order chi connectivity index (χ1) is 12.4. The average Bonchev–Trinajstić information content (AvgIpc) is 2.60. The third-order valence-electron chi connectivity index (χ3n) is 3.83. The Morgan fingerprint density at radius 2 is 1.46 bits per heavy atom. The predicted molar refractivity (Wildman–Crippen MR) is 107 cm³/mol. The first kappa shape index (κ1) is 18.8. The van der Waals surface area contributed by atoms with E-state index in [9.17, 15) is 4.57 Å². The molecule has 0 unspecified atom stereocenters. The van der Waals surface area contributed by atoms with E-state index < -0.39 is 7.60 Å². The smallest absolute Gasteiger partial charge is 0.302 e. The van der Waals surface area contributed by atoms with Gasteiger partial charge in [-0.25, -0.2) is 0 Å². The van der Waals surface area contributed by atoms with Gasteiger partial charge in [-0.1, -0.05) is 36.4 Å². The zero-order valence-electron chi connectivity index (χ0n) is 15.5. The number of aromatic nitrogens is 1. The Morgan fingerprint density at radius 1 is 0.846 bits per heavy atom. The quantitative estimate of drug-likeness (QED) is 0.533. The molecule has 0 saturated heterocycles. The fraction of sp³-hybridized carbons (Fsp3) is 0.286. The van der Waals surface area contributed by atoms with Crippen LogP contribution < -0.4 is 5.30 Å². The minimum Gasteiger partial charge on any atom is -0.302 e. The maximum absolute atomic E-state index is 13.2. The van der Waals surface area contributed by atoms with Gasteiger partial charge in [-0.15, -0.1) is 0 Å². The van der Waals surface area contributed by atoms with Gasteiger partial charge in [-0.05, 0) is 51.3 Å². The van der Waals surface area contributed by atoms with Gasteiger partial charge in [0.05, 0.1) is 23.2 Å². The van der Waals surface area contributed by atoms with E-state index in [0.29, 0.717) is 5.30 Å².